The van der Waals surface area contributed by atoms with Gasteiger partial charge >= 0.3 is 6.03 Å². The minimum absolute atomic E-state index is 0.0706. The van der Waals surface area contributed by atoms with Gasteiger partial charge in [0.2, 0.25) is 0 Å². The van der Waals surface area contributed by atoms with Crippen molar-refractivity contribution in [3.63, 3.8) is 0 Å². The molecule has 1 N–H and O–H groups in total. The van der Waals surface area contributed by atoms with E-state index >= 15 is 0 Å². The lowest BCUT2D eigenvalue weighted by Crippen LogP contribution is -2.49. The number of piperidine rings is 2. The molecule has 3 aromatic rings. The van der Waals surface area contributed by atoms with Crippen molar-refractivity contribution in [2.45, 2.75) is 53.0 Å². The number of aryl methyl sites for hydroxylation is 1. The summed E-state index contributed by atoms with van der Waals surface area (Å²) in [6, 6.07) is 18.2. The minimum atomic E-state index is -0.0706. The van der Waals surface area contributed by atoms with Crippen molar-refractivity contribution in [1.82, 2.24) is 15.0 Å². The van der Waals surface area contributed by atoms with Gasteiger partial charge in [-0.05, 0) is 63.1 Å². The zero-order valence-electron chi connectivity index (χ0n) is 22.9. The average molecular weight is 517 g/mol. The third kappa shape index (κ3) is 6.04. The number of nitrogens with zero attached hydrogens (tertiary/aromatic N) is 3. The van der Waals surface area contributed by atoms with E-state index in [1.165, 1.54) is 18.4 Å². The van der Waals surface area contributed by atoms with Gasteiger partial charge in [-0.1, -0.05) is 67.5 Å². The van der Waals surface area contributed by atoms with E-state index in [0.29, 0.717) is 28.5 Å². The van der Waals surface area contributed by atoms with Gasteiger partial charge in [-0.15, -0.1) is 0 Å². The van der Waals surface area contributed by atoms with Gasteiger partial charge in [-0.2, -0.15) is 0 Å². The highest BCUT2D eigenvalue weighted by Gasteiger charge is 2.38. The standard InChI is InChI=1S/C31H40N4O3/c1-23(2)22-37-27-12-8-7-11-26(27)21-34-17-13-31(14-18-34)15-19-35(20-16-31)30(36)32-28-24(3)38-33-29(28)25-9-5-4-6-10-25/h4-12,23H,13-22H2,1-3H3,(H,32,36). The maximum Gasteiger partial charge on any atom is 0.322 e. The van der Waals surface area contributed by atoms with Crippen LogP contribution in [0.25, 0.3) is 11.3 Å². The topological polar surface area (TPSA) is 70.8 Å². The second kappa shape index (κ2) is 11.6. The van der Waals surface area contributed by atoms with Gasteiger partial charge in [0, 0.05) is 30.8 Å². The van der Waals surface area contributed by atoms with Crippen LogP contribution < -0.4 is 10.1 Å². The quantitative estimate of drug-likeness (QED) is 0.383. The Labute approximate surface area is 226 Å². The van der Waals surface area contributed by atoms with Gasteiger partial charge in [0.05, 0.1) is 6.61 Å². The summed E-state index contributed by atoms with van der Waals surface area (Å²) in [5.41, 5.74) is 3.87. The second-order valence-corrected chi connectivity index (χ2v) is 11.3. The van der Waals surface area contributed by atoms with Crippen LogP contribution in [-0.4, -0.2) is 53.8 Å². The monoisotopic (exact) mass is 516 g/mol. The number of aromatic nitrogens is 1. The Morgan fingerprint density at radius 2 is 1.66 bits per heavy atom. The average Bonchev–Trinajstić information content (AvgIpc) is 3.30. The number of nitrogens with one attached hydrogen (secondary N) is 1. The van der Waals surface area contributed by atoms with Gasteiger partial charge in [0.1, 0.15) is 17.1 Å². The first kappa shape index (κ1) is 26.3. The predicted molar refractivity (Wildman–Crippen MR) is 150 cm³/mol. The van der Waals surface area contributed by atoms with Gasteiger partial charge < -0.3 is 19.5 Å². The van der Waals surface area contributed by atoms with Crippen molar-refractivity contribution in [2.75, 3.05) is 38.1 Å². The van der Waals surface area contributed by atoms with Crippen molar-refractivity contribution in [3.05, 3.63) is 65.9 Å². The van der Waals surface area contributed by atoms with Gasteiger partial charge in [-0.25, -0.2) is 4.79 Å². The zero-order chi connectivity index (χ0) is 26.5. The van der Waals surface area contributed by atoms with E-state index < -0.39 is 0 Å². The van der Waals surface area contributed by atoms with Gasteiger partial charge in [0.15, 0.2) is 5.76 Å². The lowest BCUT2D eigenvalue weighted by molar-refractivity contribution is 0.0439. The Hall–Kier alpha value is -3.32. The molecule has 7 heteroatoms. The number of hydrogen-bond donors (Lipinski definition) is 1. The molecule has 5 rings (SSSR count). The van der Waals surface area contributed by atoms with Crippen molar-refractivity contribution in [2.24, 2.45) is 11.3 Å². The predicted octanol–water partition coefficient (Wildman–Crippen LogP) is 6.59. The van der Waals surface area contributed by atoms with Crippen molar-refractivity contribution < 1.29 is 14.1 Å². The second-order valence-electron chi connectivity index (χ2n) is 11.3. The molecule has 0 unspecified atom stereocenters. The fourth-order valence-corrected chi connectivity index (χ4v) is 5.64. The molecule has 2 aromatic carbocycles. The first-order valence-electron chi connectivity index (χ1n) is 13.9. The van der Waals surface area contributed by atoms with Crippen LogP contribution in [-0.2, 0) is 6.54 Å². The van der Waals surface area contributed by atoms with Crippen LogP contribution in [0, 0.1) is 18.3 Å². The van der Waals surface area contributed by atoms with E-state index in [0.717, 1.165) is 63.5 Å². The van der Waals surface area contributed by atoms with Crippen molar-refractivity contribution in [3.8, 4) is 17.0 Å². The number of ether oxygens (including phenoxy) is 1. The summed E-state index contributed by atoms with van der Waals surface area (Å²) < 4.78 is 11.5. The normalized spacial score (nSPS) is 17.6. The van der Waals surface area contributed by atoms with E-state index in [1.54, 1.807) is 0 Å². The fraction of sp³-hybridized carbons (Fsp3) is 0.484. The SMILES string of the molecule is Cc1onc(-c2ccccc2)c1NC(=O)N1CCC2(CCN(Cc3ccccc3OCC(C)C)CC2)CC1. The van der Waals surface area contributed by atoms with Crippen LogP contribution in [0.1, 0.15) is 50.9 Å². The first-order valence-corrected chi connectivity index (χ1v) is 13.9. The van der Waals surface area contributed by atoms with E-state index in [9.17, 15) is 4.79 Å². The molecule has 2 aliphatic heterocycles. The number of anilines is 1. The van der Waals surface area contributed by atoms with Crippen molar-refractivity contribution in [1.29, 1.82) is 0 Å². The Kier molecular flexibility index (Phi) is 8.03. The van der Waals surface area contributed by atoms with Gasteiger partial charge in [-0.3, -0.25) is 4.90 Å². The fourth-order valence-electron chi connectivity index (χ4n) is 5.64. The maximum absolute atomic E-state index is 13.2. The van der Waals surface area contributed by atoms with E-state index in [-0.39, 0.29) is 6.03 Å². The highest BCUT2D eigenvalue weighted by Crippen LogP contribution is 2.42. The summed E-state index contributed by atoms with van der Waals surface area (Å²) in [7, 11) is 0. The van der Waals surface area contributed by atoms with E-state index in [4.69, 9.17) is 9.26 Å². The third-order valence-corrected chi connectivity index (χ3v) is 8.11. The number of urea groups is 1. The number of benzene rings is 2. The van der Waals surface area contributed by atoms with Crippen LogP contribution >= 0.6 is 0 Å². The van der Waals surface area contributed by atoms with E-state index in [2.05, 4.69) is 53.5 Å². The van der Waals surface area contributed by atoms with Crippen LogP contribution in [0.3, 0.4) is 0 Å². The summed E-state index contributed by atoms with van der Waals surface area (Å²) in [6.07, 6.45) is 4.47. The number of carbonyl (C=O) groups is 1. The molecule has 2 fully saturated rings. The molecule has 3 heterocycles. The van der Waals surface area contributed by atoms with Crippen LogP contribution in [0.2, 0.25) is 0 Å². The molecular weight excluding hydrogens is 476 g/mol. The molecule has 7 nitrogen and oxygen atoms in total. The van der Waals surface area contributed by atoms with E-state index in [1.807, 2.05) is 42.2 Å². The maximum atomic E-state index is 13.2. The largest absolute Gasteiger partial charge is 0.493 e. The number of amides is 2. The molecule has 0 saturated carbocycles. The Bertz CT molecular complexity index is 1200. The Balaban J connectivity index is 1.13. The summed E-state index contributed by atoms with van der Waals surface area (Å²) in [5, 5.41) is 7.28. The third-order valence-electron chi connectivity index (χ3n) is 8.11. The van der Waals surface area contributed by atoms with Crippen LogP contribution in [0.15, 0.2) is 59.1 Å². The molecule has 2 amide bonds. The molecule has 0 aliphatic carbocycles. The number of hydrogen-bond acceptors (Lipinski definition) is 5. The molecular formula is C31H40N4O3. The number of carbonyl (C=O) groups excluding carboxylic acids is 1. The van der Waals surface area contributed by atoms with Gasteiger partial charge in [0.25, 0.3) is 0 Å². The number of rotatable bonds is 7. The number of likely N-dealkylation sites (tertiary alicyclic amines) is 2. The Morgan fingerprint density at radius 1 is 1.00 bits per heavy atom. The molecule has 2 aliphatic rings. The molecule has 1 aromatic heterocycles. The highest BCUT2D eigenvalue weighted by molar-refractivity contribution is 5.94. The molecule has 0 bridgehead atoms. The molecule has 0 atom stereocenters. The molecule has 38 heavy (non-hydrogen) atoms. The molecule has 2 saturated heterocycles. The highest BCUT2D eigenvalue weighted by atomic mass is 16.5. The number of para-hydroxylation sites is 1. The first-order chi connectivity index (χ1) is 18.4. The molecule has 1 spiro atoms. The minimum Gasteiger partial charge on any atom is -0.493 e. The lowest BCUT2D eigenvalue weighted by atomic mass is 9.71. The molecule has 0 radical (unpaired) electrons. The summed E-state index contributed by atoms with van der Waals surface area (Å²) in [6.45, 7) is 11.6. The molecule has 202 valence electrons. The summed E-state index contributed by atoms with van der Waals surface area (Å²) >= 11 is 0. The summed E-state index contributed by atoms with van der Waals surface area (Å²) in [4.78, 5) is 17.7. The van der Waals surface area contributed by atoms with Crippen LogP contribution in [0.5, 0.6) is 5.75 Å². The van der Waals surface area contributed by atoms with Crippen LogP contribution in [0.4, 0.5) is 10.5 Å². The van der Waals surface area contributed by atoms with Crippen molar-refractivity contribution >= 4 is 11.7 Å². The smallest absolute Gasteiger partial charge is 0.322 e. The lowest BCUT2D eigenvalue weighted by Gasteiger charge is -2.46. The zero-order valence-corrected chi connectivity index (χ0v) is 22.9. The summed E-state index contributed by atoms with van der Waals surface area (Å²) in [5.74, 6) is 2.14. The Morgan fingerprint density at radius 3 is 2.37 bits per heavy atom.